The second-order valence-electron chi connectivity index (χ2n) is 5.19. The highest BCUT2D eigenvalue weighted by atomic mass is 16.6. The van der Waals surface area contributed by atoms with Crippen molar-refractivity contribution in [3.05, 3.63) is 39.9 Å². The third-order valence-corrected chi connectivity index (χ3v) is 4.01. The Bertz CT molecular complexity index is 721. The largest absolute Gasteiger partial charge is 0.372 e. The van der Waals surface area contributed by atoms with Crippen molar-refractivity contribution >= 4 is 17.9 Å². The van der Waals surface area contributed by atoms with Gasteiger partial charge in [-0.05, 0) is 42.0 Å². The lowest BCUT2D eigenvalue weighted by atomic mass is 9.99. The van der Waals surface area contributed by atoms with Crippen LogP contribution in [-0.4, -0.2) is 50.5 Å². The molecule has 9 heteroatoms. The van der Waals surface area contributed by atoms with Crippen LogP contribution in [0.4, 0.5) is 11.6 Å². The van der Waals surface area contributed by atoms with Gasteiger partial charge in [-0.3, -0.25) is 10.1 Å². The number of fused-ring (bicyclic) bond motifs is 1. The van der Waals surface area contributed by atoms with Crippen molar-refractivity contribution in [1.82, 2.24) is 20.2 Å². The minimum Gasteiger partial charge on any atom is -0.372 e. The van der Waals surface area contributed by atoms with E-state index in [9.17, 15) is 10.1 Å². The van der Waals surface area contributed by atoms with Gasteiger partial charge in [0.25, 0.3) is 12.0 Å². The molecule has 1 aromatic carbocycles. The molecule has 2 atom stereocenters. The Hall–Kier alpha value is -2.84. The first-order valence-corrected chi connectivity index (χ1v) is 7.46. The van der Waals surface area contributed by atoms with Crippen LogP contribution in [0.1, 0.15) is 25.5 Å². The summed E-state index contributed by atoms with van der Waals surface area (Å²) in [6.07, 6.45) is 1.30. The lowest BCUT2D eigenvalue weighted by molar-refractivity contribution is -0.507. The van der Waals surface area contributed by atoms with Crippen molar-refractivity contribution in [2.75, 3.05) is 18.0 Å². The fourth-order valence-electron chi connectivity index (χ4n) is 2.80. The number of nitro groups is 1. The van der Waals surface area contributed by atoms with Gasteiger partial charge in [-0.15, -0.1) is 0 Å². The van der Waals surface area contributed by atoms with E-state index in [-0.39, 0.29) is 10.9 Å². The van der Waals surface area contributed by atoms with Crippen LogP contribution < -0.4 is 4.90 Å². The van der Waals surface area contributed by atoms with Crippen molar-refractivity contribution in [3.8, 4) is 0 Å². The fraction of sp³-hybridized carbons (Fsp3) is 0.429. The lowest BCUT2D eigenvalue weighted by Gasteiger charge is -2.24. The molecule has 0 saturated heterocycles. The van der Waals surface area contributed by atoms with E-state index in [2.05, 4.69) is 39.3 Å². The van der Waals surface area contributed by atoms with Gasteiger partial charge < -0.3 is 4.90 Å². The molecule has 0 radical (unpaired) electrons. The molecule has 23 heavy (non-hydrogen) atoms. The van der Waals surface area contributed by atoms with Gasteiger partial charge in [0.1, 0.15) is 0 Å². The number of hydrogen-bond acceptors (Lipinski definition) is 7. The van der Waals surface area contributed by atoms with E-state index in [0.29, 0.717) is 0 Å². The molecular formula is C14H17N7O2. The molecule has 3 rings (SSSR count). The lowest BCUT2D eigenvalue weighted by Crippen LogP contribution is -2.36. The molecule has 0 spiro atoms. The molecule has 1 aromatic heterocycles. The SMILES string of the molecule is CCN(CC)c1ccc(C2C([N+](=O)[O-])C=Nc3nnnn32)cc1. The van der Waals surface area contributed by atoms with E-state index in [0.717, 1.165) is 24.3 Å². The molecule has 9 nitrogen and oxygen atoms in total. The number of hydrogen-bond donors (Lipinski definition) is 0. The predicted molar refractivity (Wildman–Crippen MR) is 84.9 cm³/mol. The van der Waals surface area contributed by atoms with Gasteiger partial charge in [-0.25, -0.2) is 4.99 Å². The van der Waals surface area contributed by atoms with Crippen LogP contribution in [0, 0.1) is 10.1 Å². The molecule has 0 amide bonds. The van der Waals surface area contributed by atoms with Gasteiger partial charge in [0.05, 0.1) is 6.21 Å². The van der Waals surface area contributed by atoms with Crippen molar-refractivity contribution in [2.24, 2.45) is 4.99 Å². The van der Waals surface area contributed by atoms with Crippen LogP contribution in [-0.2, 0) is 0 Å². The smallest absolute Gasteiger partial charge is 0.274 e. The van der Waals surface area contributed by atoms with E-state index in [1.807, 2.05) is 24.3 Å². The molecule has 120 valence electrons. The number of aliphatic imine (C=N–C) groups is 1. The summed E-state index contributed by atoms with van der Waals surface area (Å²) in [6.45, 7) is 5.98. The number of anilines is 1. The second-order valence-corrected chi connectivity index (χ2v) is 5.19. The number of tetrazole rings is 1. The van der Waals surface area contributed by atoms with E-state index < -0.39 is 12.1 Å². The van der Waals surface area contributed by atoms with Gasteiger partial charge in [-0.1, -0.05) is 17.2 Å². The summed E-state index contributed by atoms with van der Waals surface area (Å²) < 4.78 is 1.40. The summed E-state index contributed by atoms with van der Waals surface area (Å²) in [5.74, 6) is 0.279. The summed E-state index contributed by atoms with van der Waals surface area (Å²) >= 11 is 0. The van der Waals surface area contributed by atoms with Crippen LogP contribution in [0.25, 0.3) is 0 Å². The number of nitrogens with zero attached hydrogens (tertiary/aromatic N) is 7. The fourth-order valence-corrected chi connectivity index (χ4v) is 2.80. The Kier molecular flexibility index (Phi) is 4.00. The van der Waals surface area contributed by atoms with E-state index in [1.54, 1.807) is 0 Å². The van der Waals surface area contributed by atoms with Crippen LogP contribution in [0.2, 0.25) is 0 Å². The van der Waals surface area contributed by atoms with Crippen LogP contribution in [0.5, 0.6) is 0 Å². The maximum atomic E-state index is 11.4. The standard InChI is InChI=1S/C14H17N7O2/c1-3-19(4-2)11-7-5-10(6-8-11)13-12(21(22)23)9-15-14-16-17-18-20(13)14/h5-9,12-13H,3-4H2,1-2H3. The van der Waals surface area contributed by atoms with Crippen molar-refractivity contribution in [3.63, 3.8) is 0 Å². The molecule has 2 aromatic rings. The topological polar surface area (TPSA) is 102 Å². The Morgan fingerprint density at radius 3 is 2.57 bits per heavy atom. The quantitative estimate of drug-likeness (QED) is 0.611. The average Bonchev–Trinajstić information content (AvgIpc) is 3.04. The Balaban J connectivity index is 1.98. The Labute approximate surface area is 132 Å². The number of aromatic nitrogens is 4. The maximum absolute atomic E-state index is 11.4. The molecule has 0 bridgehead atoms. The predicted octanol–water partition coefficient (Wildman–Crippen LogP) is 1.47. The molecule has 0 aliphatic carbocycles. The number of benzene rings is 1. The molecular weight excluding hydrogens is 298 g/mol. The first kappa shape index (κ1) is 15.1. The van der Waals surface area contributed by atoms with Crippen molar-refractivity contribution in [1.29, 1.82) is 0 Å². The summed E-state index contributed by atoms with van der Waals surface area (Å²) in [7, 11) is 0. The molecule has 1 aliphatic heterocycles. The minimum absolute atomic E-state index is 0.279. The van der Waals surface area contributed by atoms with Crippen LogP contribution in [0.3, 0.4) is 0 Å². The molecule has 2 heterocycles. The highest BCUT2D eigenvalue weighted by Gasteiger charge is 2.38. The van der Waals surface area contributed by atoms with Gasteiger partial charge in [-0.2, -0.15) is 4.68 Å². The maximum Gasteiger partial charge on any atom is 0.274 e. The van der Waals surface area contributed by atoms with Gasteiger partial charge in [0.2, 0.25) is 0 Å². The van der Waals surface area contributed by atoms with Crippen molar-refractivity contribution < 1.29 is 4.92 Å². The molecule has 1 aliphatic rings. The van der Waals surface area contributed by atoms with Crippen LogP contribution >= 0.6 is 0 Å². The summed E-state index contributed by atoms with van der Waals surface area (Å²) in [6, 6.07) is 6.12. The molecule has 2 unspecified atom stereocenters. The highest BCUT2D eigenvalue weighted by molar-refractivity contribution is 5.69. The van der Waals surface area contributed by atoms with E-state index in [1.165, 1.54) is 10.9 Å². The third kappa shape index (κ3) is 2.65. The monoisotopic (exact) mass is 315 g/mol. The molecule has 0 fully saturated rings. The third-order valence-electron chi connectivity index (χ3n) is 4.01. The summed E-state index contributed by atoms with van der Waals surface area (Å²) in [5, 5.41) is 22.6. The molecule has 0 saturated carbocycles. The van der Waals surface area contributed by atoms with Crippen molar-refractivity contribution in [2.45, 2.75) is 25.9 Å². The number of rotatable bonds is 5. The Morgan fingerprint density at radius 2 is 1.96 bits per heavy atom. The summed E-state index contributed by atoms with van der Waals surface area (Å²) in [4.78, 5) is 17.2. The zero-order valence-corrected chi connectivity index (χ0v) is 12.9. The minimum atomic E-state index is -0.995. The summed E-state index contributed by atoms with van der Waals surface area (Å²) in [5.41, 5.74) is 1.86. The average molecular weight is 315 g/mol. The Morgan fingerprint density at radius 1 is 1.26 bits per heavy atom. The zero-order chi connectivity index (χ0) is 16.4. The van der Waals surface area contributed by atoms with E-state index >= 15 is 0 Å². The second kappa shape index (κ2) is 6.11. The first-order chi connectivity index (χ1) is 11.2. The first-order valence-electron chi connectivity index (χ1n) is 7.46. The zero-order valence-electron chi connectivity index (χ0n) is 12.9. The van der Waals surface area contributed by atoms with Crippen LogP contribution in [0.15, 0.2) is 29.3 Å². The van der Waals surface area contributed by atoms with Gasteiger partial charge in [0.15, 0.2) is 6.04 Å². The normalized spacial score (nSPS) is 19.4. The molecule has 0 N–H and O–H groups in total. The van der Waals surface area contributed by atoms with Gasteiger partial charge in [0, 0.05) is 23.7 Å². The van der Waals surface area contributed by atoms with Gasteiger partial charge >= 0.3 is 0 Å². The van der Waals surface area contributed by atoms with E-state index in [4.69, 9.17) is 0 Å². The highest BCUT2D eigenvalue weighted by Crippen LogP contribution is 2.30.